The Kier molecular flexibility index (Phi) is 5.15. The van der Waals surface area contributed by atoms with E-state index in [0.29, 0.717) is 50.4 Å². The van der Waals surface area contributed by atoms with Gasteiger partial charge in [0.1, 0.15) is 24.0 Å². The van der Waals surface area contributed by atoms with Crippen LogP contribution >= 0.6 is 0 Å². The second kappa shape index (κ2) is 7.17. The van der Waals surface area contributed by atoms with Gasteiger partial charge >= 0.3 is 0 Å². The van der Waals surface area contributed by atoms with Gasteiger partial charge in [-0.05, 0) is 13.8 Å². The summed E-state index contributed by atoms with van der Waals surface area (Å²) in [4.78, 5) is 14.0. The number of hydrogen-bond donors (Lipinski definition) is 1. The fourth-order valence-corrected chi connectivity index (χ4v) is 3.48. The highest BCUT2D eigenvalue weighted by molar-refractivity contribution is 5.77. The van der Waals surface area contributed by atoms with Crippen LogP contribution in [0.1, 0.15) is 50.9 Å². The number of aliphatic hydroxyl groups excluding tert-OH is 1. The molecule has 3 heterocycles. The molecule has 1 atom stereocenters. The molecule has 1 N–H and O–H groups in total. The Morgan fingerprint density at radius 3 is 2.92 bits per heavy atom. The Balaban J connectivity index is 1.63. The van der Waals surface area contributed by atoms with Gasteiger partial charge in [0, 0.05) is 38.4 Å². The van der Waals surface area contributed by atoms with E-state index < -0.39 is 11.7 Å². The van der Waals surface area contributed by atoms with E-state index in [9.17, 15) is 9.90 Å². The summed E-state index contributed by atoms with van der Waals surface area (Å²) in [7, 11) is 0. The van der Waals surface area contributed by atoms with E-state index in [4.69, 9.17) is 9.47 Å². The van der Waals surface area contributed by atoms with Crippen LogP contribution in [0.25, 0.3) is 0 Å². The maximum Gasteiger partial charge on any atom is 0.248 e. The molecule has 1 fully saturated rings. The summed E-state index contributed by atoms with van der Waals surface area (Å²) in [6.07, 6.45) is 4.79. The minimum atomic E-state index is -0.623. The molecule has 0 aromatic carbocycles. The number of nitrogens with zero attached hydrogens (tertiary/aromatic N) is 3. The molecule has 1 aromatic heterocycles. The van der Waals surface area contributed by atoms with Crippen molar-refractivity contribution in [2.45, 2.75) is 50.9 Å². The zero-order valence-corrected chi connectivity index (χ0v) is 15.0. The average Bonchev–Trinajstić information content (AvgIpc) is 3.00. The molecule has 2 aliphatic rings. The van der Waals surface area contributed by atoms with Gasteiger partial charge in [-0.3, -0.25) is 9.48 Å². The minimum absolute atomic E-state index is 0.0126. The number of carbonyl (C=O) groups is 1. The molecule has 1 saturated heterocycles. The van der Waals surface area contributed by atoms with Crippen LogP contribution in [0.3, 0.4) is 0 Å². The van der Waals surface area contributed by atoms with E-state index in [1.165, 1.54) is 0 Å². The standard InChI is InChI=1S/C18H27N3O4/c1-4-9-24-12-16(23)20-7-5-18(6-8-20)10-14(22)17-15(25-18)11-21(19-17)13(2)3/h4,11,13-14,22H,1,5-10,12H2,2-3H3. The molecule has 2 aliphatic heterocycles. The Morgan fingerprint density at radius 1 is 1.56 bits per heavy atom. The summed E-state index contributed by atoms with van der Waals surface area (Å²) < 4.78 is 13.3. The summed E-state index contributed by atoms with van der Waals surface area (Å²) in [6.45, 7) is 9.32. The van der Waals surface area contributed by atoms with E-state index in [0.717, 1.165) is 0 Å². The normalized spacial score (nSPS) is 21.9. The van der Waals surface area contributed by atoms with E-state index >= 15 is 0 Å². The predicted octanol–water partition coefficient (Wildman–Crippen LogP) is 1.84. The van der Waals surface area contributed by atoms with Gasteiger partial charge in [0.2, 0.25) is 5.91 Å². The Labute approximate surface area is 148 Å². The molecule has 0 radical (unpaired) electrons. The van der Waals surface area contributed by atoms with Crippen LogP contribution in [0.15, 0.2) is 18.9 Å². The number of piperidine rings is 1. The number of carbonyl (C=O) groups excluding carboxylic acids is 1. The predicted molar refractivity (Wildman–Crippen MR) is 92.4 cm³/mol. The number of aromatic nitrogens is 2. The lowest BCUT2D eigenvalue weighted by molar-refractivity contribution is -0.140. The van der Waals surface area contributed by atoms with Crippen LogP contribution in [-0.2, 0) is 9.53 Å². The molecule has 0 saturated carbocycles. The van der Waals surface area contributed by atoms with Crippen molar-refractivity contribution in [2.24, 2.45) is 0 Å². The summed E-state index contributed by atoms with van der Waals surface area (Å²) in [5.74, 6) is 0.655. The van der Waals surface area contributed by atoms with Crippen LogP contribution in [0.4, 0.5) is 0 Å². The lowest BCUT2D eigenvalue weighted by atomic mass is 9.83. The number of likely N-dealkylation sites (tertiary alicyclic amines) is 1. The number of aliphatic hydroxyl groups is 1. The number of amides is 1. The second-order valence-electron chi connectivity index (χ2n) is 7.14. The lowest BCUT2D eigenvalue weighted by Crippen LogP contribution is -2.52. The first-order valence-corrected chi connectivity index (χ1v) is 8.86. The number of hydrogen-bond acceptors (Lipinski definition) is 5. The van der Waals surface area contributed by atoms with Crippen molar-refractivity contribution in [2.75, 3.05) is 26.3 Å². The van der Waals surface area contributed by atoms with Crippen LogP contribution in [-0.4, -0.2) is 57.6 Å². The third-order valence-electron chi connectivity index (χ3n) is 4.95. The van der Waals surface area contributed by atoms with Gasteiger partial charge in [0.15, 0.2) is 5.75 Å². The molecule has 7 heteroatoms. The monoisotopic (exact) mass is 349 g/mol. The fraction of sp³-hybridized carbons (Fsp3) is 0.667. The van der Waals surface area contributed by atoms with Gasteiger partial charge in [-0.1, -0.05) is 6.08 Å². The van der Waals surface area contributed by atoms with E-state index in [1.807, 2.05) is 24.7 Å². The number of rotatable bonds is 5. The molecule has 1 aromatic rings. The molecular formula is C18H27N3O4. The zero-order valence-electron chi connectivity index (χ0n) is 15.0. The number of fused-ring (bicyclic) bond motifs is 1. The molecule has 25 heavy (non-hydrogen) atoms. The Bertz CT molecular complexity index is 632. The summed E-state index contributed by atoms with van der Waals surface area (Å²) in [5, 5.41) is 15.0. The van der Waals surface area contributed by atoms with Gasteiger partial charge in [-0.2, -0.15) is 5.10 Å². The van der Waals surface area contributed by atoms with Gasteiger partial charge in [0.25, 0.3) is 0 Å². The van der Waals surface area contributed by atoms with Crippen LogP contribution in [0.5, 0.6) is 5.75 Å². The summed E-state index contributed by atoms with van der Waals surface area (Å²) in [6, 6.07) is 0.215. The van der Waals surface area contributed by atoms with Crippen LogP contribution < -0.4 is 4.74 Å². The molecule has 1 spiro atoms. The molecular weight excluding hydrogens is 322 g/mol. The van der Waals surface area contributed by atoms with Gasteiger partial charge in [0.05, 0.1) is 12.8 Å². The smallest absolute Gasteiger partial charge is 0.248 e. The molecule has 0 bridgehead atoms. The van der Waals surface area contributed by atoms with Crippen molar-refractivity contribution < 1.29 is 19.4 Å². The molecule has 0 aliphatic carbocycles. The SMILES string of the molecule is C=CCOCC(=O)N1CCC2(CC1)CC(O)c1nn(C(C)C)cc1O2. The Hall–Kier alpha value is -1.86. The van der Waals surface area contributed by atoms with Crippen molar-refractivity contribution in [3.05, 3.63) is 24.5 Å². The lowest BCUT2D eigenvalue weighted by Gasteiger charge is -2.44. The average molecular weight is 349 g/mol. The second-order valence-corrected chi connectivity index (χ2v) is 7.14. The van der Waals surface area contributed by atoms with Crippen molar-refractivity contribution in [1.82, 2.24) is 14.7 Å². The van der Waals surface area contributed by atoms with Crippen LogP contribution in [0, 0.1) is 0 Å². The first-order chi connectivity index (χ1) is 11.9. The number of ether oxygens (including phenoxy) is 2. The highest BCUT2D eigenvalue weighted by Crippen LogP contribution is 2.44. The minimum Gasteiger partial charge on any atom is -0.483 e. The molecule has 1 amide bonds. The zero-order chi connectivity index (χ0) is 18.0. The highest BCUT2D eigenvalue weighted by Gasteiger charge is 2.45. The third kappa shape index (κ3) is 3.72. The van der Waals surface area contributed by atoms with E-state index in [2.05, 4.69) is 11.7 Å². The van der Waals surface area contributed by atoms with Gasteiger partial charge < -0.3 is 19.5 Å². The Morgan fingerprint density at radius 2 is 2.28 bits per heavy atom. The molecule has 1 unspecified atom stereocenters. The largest absolute Gasteiger partial charge is 0.483 e. The van der Waals surface area contributed by atoms with Gasteiger partial charge in [-0.15, -0.1) is 6.58 Å². The van der Waals surface area contributed by atoms with Gasteiger partial charge in [-0.25, -0.2) is 0 Å². The highest BCUT2D eigenvalue weighted by atomic mass is 16.5. The van der Waals surface area contributed by atoms with E-state index in [-0.39, 0.29) is 18.6 Å². The fourth-order valence-electron chi connectivity index (χ4n) is 3.48. The molecule has 138 valence electrons. The topological polar surface area (TPSA) is 76.8 Å². The summed E-state index contributed by atoms with van der Waals surface area (Å²) >= 11 is 0. The first-order valence-electron chi connectivity index (χ1n) is 8.86. The van der Waals surface area contributed by atoms with Crippen molar-refractivity contribution in [3.8, 4) is 5.75 Å². The van der Waals surface area contributed by atoms with E-state index in [1.54, 1.807) is 11.0 Å². The quantitative estimate of drug-likeness (QED) is 0.648. The first kappa shape index (κ1) is 17.9. The van der Waals surface area contributed by atoms with Crippen molar-refractivity contribution in [1.29, 1.82) is 0 Å². The maximum absolute atomic E-state index is 12.1. The van der Waals surface area contributed by atoms with Crippen molar-refractivity contribution in [3.63, 3.8) is 0 Å². The maximum atomic E-state index is 12.1. The summed E-state index contributed by atoms with van der Waals surface area (Å²) in [5.41, 5.74) is 0.200. The van der Waals surface area contributed by atoms with Crippen molar-refractivity contribution >= 4 is 5.91 Å². The van der Waals surface area contributed by atoms with Crippen LogP contribution in [0.2, 0.25) is 0 Å². The molecule has 7 nitrogen and oxygen atoms in total. The molecule has 3 rings (SSSR count). The third-order valence-corrected chi connectivity index (χ3v) is 4.95.